The van der Waals surface area contributed by atoms with Gasteiger partial charge >= 0.3 is 0 Å². The minimum absolute atomic E-state index is 0.0735. The first-order chi connectivity index (χ1) is 12.0. The monoisotopic (exact) mass is 364 g/mol. The van der Waals surface area contributed by atoms with Crippen LogP contribution in [0.5, 0.6) is 11.5 Å². The molecule has 2 N–H and O–H groups in total. The van der Waals surface area contributed by atoms with Gasteiger partial charge in [-0.15, -0.1) is 0 Å². The zero-order chi connectivity index (χ0) is 18.3. The SMILES string of the molecule is COc1cc(OC)cc(C(=O)NCCNS(=O)(=O)c2ccccc2)c1. The molecule has 0 bridgehead atoms. The van der Waals surface area contributed by atoms with Gasteiger partial charge in [0.05, 0.1) is 19.1 Å². The summed E-state index contributed by atoms with van der Waals surface area (Å²) < 4.78 is 36.8. The van der Waals surface area contributed by atoms with Gasteiger partial charge in [0, 0.05) is 24.7 Å². The van der Waals surface area contributed by atoms with Crippen molar-refractivity contribution in [2.45, 2.75) is 4.90 Å². The van der Waals surface area contributed by atoms with Crippen LogP contribution in [0.2, 0.25) is 0 Å². The highest BCUT2D eigenvalue weighted by molar-refractivity contribution is 7.89. The summed E-state index contributed by atoms with van der Waals surface area (Å²) in [6.45, 7) is 0.217. The minimum Gasteiger partial charge on any atom is -0.497 e. The zero-order valence-electron chi connectivity index (χ0n) is 14.0. The summed E-state index contributed by atoms with van der Waals surface area (Å²) in [6.07, 6.45) is 0. The van der Waals surface area contributed by atoms with E-state index in [1.807, 2.05) is 0 Å². The Hall–Kier alpha value is -2.58. The number of ether oxygens (including phenoxy) is 2. The van der Waals surface area contributed by atoms with Crippen molar-refractivity contribution >= 4 is 15.9 Å². The Labute approximate surface area is 147 Å². The third-order valence-electron chi connectivity index (χ3n) is 3.37. The van der Waals surface area contributed by atoms with Crippen molar-refractivity contribution in [1.82, 2.24) is 10.0 Å². The normalized spacial score (nSPS) is 11.0. The van der Waals surface area contributed by atoms with Crippen LogP contribution in [0.1, 0.15) is 10.4 Å². The largest absolute Gasteiger partial charge is 0.497 e. The Bertz CT molecular complexity index is 800. The lowest BCUT2D eigenvalue weighted by Gasteiger charge is -2.10. The van der Waals surface area contributed by atoms with E-state index in [2.05, 4.69) is 10.0 Å². The van der Waals surface area contributed by atoms with Crippen molar-refractivity contribution < 1.29 is 22.7 Å². The van der Waals surface area contributed by atoms with Gasteiger partial charge in [0.25, 0.3) is 5.91 Å². The topological polar surface area (TPSA) is 93.7 Å². The number of carbonyl (C=O) groups is 1. The van der Waals surface area contributed by atoms with Crippen LogP contribution < -0.4 is 19.5 Å². The van der Waals surface area contributed by atoms with Gasteiger partial charge in [-0.2, -0.15) is 0 Å². The van der Waals surface area contributed by atoms with Crippen LogP contribution in [-0.4, -0.2) is 41.6 Å². The van der Waals surface area contributed by atoms with Gasteiger partial charge in [0.1, 0.15) is 11.5 Å². The number of rotatable bonds is 8. The summed E-state index contributed by atoms with van der Waals surface area (Å²) in [5.41, 5.74) is 0.363. The highest BCUT2D eigenvalue weighted by atomic mass is 32.2. The summed E-state index contributed by atoms with van der Waals surface area (Å²) >= 11 is 0. The molecule has 0 saturated heterocycles. The van der Waals surface area contributed by atoms with Crippen LogP contribution in [0.4, 0.5) is 0 Å². The summed E-state index contributed by atoms with van der Waals surface area (Å²) in [7, 11) is -0.596. The van der Waals surface area contributed by atoms with Crippen LogP contribution in [0.15, 0.2) is 53.4 Å². The maximum atomic E-state index is 12.2. The molecule has 0 fully saturated rings. The van der Waals surface area contributed by atoms with Crippen molar-refractivity contribution in [3.63, 3.8) is 0 Å². The lowest BCUT2D eigenvalue weighted by atomic mass is 10.2. The second-order valence-corrected chi connectivity index (χ2v) is 6.84. The minimum atomic E-state index is -3.59. The second kappa shape index (κ2) is 8.50. The maximum absolute atomic E-state index is 12.2. The summed E-state index contributed by atoms with van der Waals surface area (Å²) in [4.78, 5) is 12.4. The predicted octanol–water partition coefficient (Wildman–Crippen LogP) is 1.41. The number of amides is 1. The lowest BCUT2D eigenvalue weighted by molar-refractivity contribution is 0.0953. The van der Waals surface area contributed by atoms with Crippen LogP contribution in [0.25, 0.3) is 0 Å². The van der Waals surface area contributed by atoms with Crippen LogP contribution in [0, 0.1) is 0 Å². The molecule has 0 aromatic heterocycles. The molecule has 0 aliphatic rings. The summed E-state index contributed by atoms with van der Waals surface area (Å²) in [6, 6.07) is 12.8. The number of hydrogen-bond acceptors (Lipinski definition) is 5. The van der Waals surface area contributed by atoms with E-state index in [1.54, 1.807) is 36.4 Å². The van der Waals surface area contributed by atoms with Gasteiger partial charge in [-0.05, 0) is 24.3 Å². The third kappa shape index (κ3) is 5.20. The third-order valence-corrected chi connectivity index (χ3v) is 4.85. The number of carbonyl (C=O) groups excluding carboxylic acids is 1. The van der Waals surface area contributed by atoms with Crippen LogP contribution in [0.3, 0.4) is 0 Å². The predicted molar refractivity (Wildman–Crippen MR) is 93.5 cm³/mol. The quantitative estimate of drug-likeness (QED) is 0.691. The summed E-state index contributed by atoms with van der Waals surface area (Å²) in [5, 5.41) is 2.65. The second-order valence-electron chi connectivity index (χ2n) is 5.07. The molecule has 25 heavy (non-hydrogen) atoms. The molecule has 0 spiro atoms. The smallest absolute Gasteiger partial charge is 0.251 e. The van der Waals surface area contributed by atoms with E-state index in [9.17, 15) is 13.2 Å². The molecular weight excluding hydrogens is 344 g/mol. The number of benzene rings is 2. The van der Waals surface area contributed by atoms with Gasteiger partial charge in [-0.25, -0.2) is 13.1 Å². The lowest BCUT2D eigenvalue weighted by Crippen LogP contribution is -2.34. The van der Waals surface area contributed by atoms with E-state index >= 15 is 0 Å². The molecule has 2 aromatic rings. The molecule has 7 nitrogen and oxygen atoms in total. The van der Waals surface area contributed by atoms with E-state index in [0.29, 0.717) is 17.1 Å². The van der Waals surface area contributed by atoms with E-state index in [1.165, 1.54) is 26.4 Å². The molecular formula is C17H20N2O5S. The molecule has 0 aliphatic carbocycles. The van der Waals surface area contributed by atoms with Gasteiger partial charge in [0.15, 0.2) is 0 Å². The van der Waals surface area contributed by atoms with Crippen molar-refractivity contribution in [2.75, 3.05) is 27.3 Å². The molecule has 0 unspecified atom stereocenters. The van der Waals surface area contributed by atoms with Crippen LogP contribution in [-0.2, 0) is 10.0 Å². The highest BCUT2D eigenvalue weighted by Gasteiger charge is 2.13. The fourth-order valence-electron chi connectivity index (χ4n) is 2.09. The van der Waals surface area contributed by atoms with Crippen molar-refractivity contribution in [1.29, 1.82) is 0 Å². The number of nitrogens with one attached hydrogen (secondary N) is 2. The molecule has 134 valence electrons. The average molecular weight is 364 g/mol. The molecule has 1 amide bonds. The maximum Gasteiger partial charge on any atom is 0.251 e. The van der Waals surface area contributed by atoms with Crippen molar-refractivity contribution in [2.24, 2.45) is 0 Å². The molecule has 0 aliphatic heterocycles. The Kier molecular flexibility index (Phi) is 6.37. The van der Waals surface area contributed by atoms with Crippen LogP contribution >= 0.6 is 0 Å². The average Bonchev–Trinajstić information content (AvgIpc) is 2.65. The highest BCUT2D eigenvalue weighted by Crippen LogP contribution is 2.22. The fraction of sp³-hybridized carbons (Fsp3) is 0.235. The van der Waals surface area contributed by atoms with Crippen molar-refractivity contribution in [3.05, 3.63) is 54.1 Å². The van der Waals surface area contributed by atoms with E-state index < -0.39 is 10.0 Å². The Balaban J connectivity index is 1.91. The zero-order valence-corrected chi connectivity index (χ0v) is 14.8. The van der Waals surface area contributed by atoms with Gasteiger partial charge in [-0.1, -0.05) is 18.2 Å². The number of hydrogen-bond donors (Lipinski definition) is 2. The standard InChI is InChI=1S/C17H20N2O5S/c1-23-14-10-13(11-15(12-14)24-2)17(20)18-8-9-19-25(21,22)16-6-4-3-5-7-16/h3-7,10-12,19H,8-9H2,1-2H3,(H,18,20). The van der Waals surface area contributed by atoms with Gasteiger partial charge < -0.3 is 14.8 Å². The Morgan fingerprint density at radius 3 is 2.12 bits per heavy atom. The molecule has 0 radical (unpaired) electrons. The molecule has 2 rings (SSSR count). The van der Waals surface area contributed by atoms with Crippen molar-refractivity contribution in [3.8, 4) is 11.5 Å². The molecule has 0 atom stereocenters. The molecule has 8 heteroatoms. The Morgan fingerprint density at radius 2 is 1.56 bits per heavy atom. The number of methoxy groups -OCH3 is 2. The van der Waals surface area contributed by atoms with E-state index in [0.717, 1.165) is 0 Å². The molecule has 0 heterocycles. The van der Waals surface area contributed by atoms with Gasteiger partial charge in [0.2, 0.25) is 10.0 Å². The first-order valence-electron chi connectivity index (χ1n) is 7.52. The molecule has 2 aromatic carbocycles. The Morgan fingerprint density at radius 1 is 0.960 bits per heavy atom. The summed E-state index contributed by atoms with van der Waals surface area (Å²) in [5.74, 6) is 0.639. The molecule has 0 saturated carbocycles. The van der Waals surface area contributed by atoms with E-state index in [-0.39, 0.29) is 23.9 Å². The number of sulfonamides is 1. The fourth-order valence-corrected chi connectivity index (χ4v) is 3.14. The first kappa shape index (κ1) is 18.8. The van der Waals surface area contributed by atoms with E-state index in [4.69, 9.17) is 9.47 Å². The first-order valence-corrected chi connectivity index (χ1v) is 9.00. The van der Waals surface area contributed by atoms with Gasteiger partial charge in [-0.3, -0.25) is 4.79 Å².